The molecule has 2 amide bonds. The first-order chi connectivity index (χ1) is 10.0. The van der Waals surface area contributed by atoms with Crippen LogP contribution in [0, 0.1) is 0 Å². The summed E-state index contributed by atoms with van der Waals surface area (Å²) in [7, 11) is 0. The first kappa shape index (κ1) is 16.4. The van der Waals surface area contributed by atoms with Gasteiger partial charge in [-0.3, -0.25) is 9.59 Å². The average molecular weight is 346 g/mol. The van der Waals surface area contributed by atoms with Gasteiger partial charge in [-0.25, -0.2) is 0 Å². The topological polar surface area (TPSA) is 61.4 Å². The quantitative estimate of drug-likeness (QED) is 0.791. The fourth-order valence-electron chi connectivity index (χ4n) is 4.49. The maximum Gasteiger partial charge on any atom is 0.243 e. The van der Waals surface area contributed by atoms with Gasteiger partial charge in [0.1, 0.15) is 6.04 Å². The summed E-state index contributed by atoms with van der Waals surface area (Å²) >= 11 is 1.76. The molecule has 0 radical (unpaired) electrons. The van der Waals surface area contributed by atoms with Gasteiger partial charge in [0.05, 0.1) is 4.87 Å². The van der Waals surface area contributed by atoms with E-state index in [2.05, 4.69) is 17.6 Å². The monoisotopic (exact) mass is 345 g/mol. The van der Waals surface area contributed by atoms with Gasteiger partial charge >= 0.3 is 0 Å². The summed E-state index contributed by atoms with van der Waals surface area (Å²) in [6.45, 7) is 2.10. The van der Waals surface area contributed by atoms with Crippen molar-refractivity contribution < 1.29 is 9.59 Å². The van der Waals surface area contributed by atoms with Crippen LogP contribution in [-0.2, 0) is 9.59 Å². The standard InChI is InChI=1S/C15H23N3O2S.ClH/c1-15-5-4-13(19)18(15)12(8-21-15)14(20)17-11-6-9-2-3-10(7-11)16-9;/h9-12,16H,2-8H2,1H3,(H,17,20);1H. The van der Waals surface area contributed by atoms with E-state index >= 15 is 0 Å². The predicted molar refractivity (Wildman–Crippen MR) is 89.1 cm³/mol. The Morgan fingerprint density at radius 2 is 2.05 bits per heavy atom. The zero-order valence-electron chi connectivity index (χ0n) is 12.8. The highest BCUT2D eigenvalue weighted by molar-refractivity contribution is 8.01. The first-order valence-electron chi connectivity index (χ1n) is 8.08. The summed E-state index contributed by atoms with van der Waals surface area (Å²) in [5, 5.41) is 6.82. The van der Waals surface area contributed by atoms with E-state index in [1.54, 1.807) is 11.8 Å². The Labute approximate surface area is 141 Å². The Morgan fingerprint density at radius 1 is 1.36 bits per heavy atom. The highest BCUT2D eigenvalue weighted by Gasteiger charge is 2.53. The van der Waals surface area contributed by atoms with Crippen molar-refractivity contribution in [3.05, 3.63) is 0 Å². The molecular weight excluding hydrogens is 322 g/mol. The lowest BCUT2D eigenvalue weighted by Crippen LogP contribution is -2.55. The highest BCUT2D eigenvalue weighted by Crippen LogP contribution is 2.47. The van der Waals surface area contributed by atoms with Crippen LogP contribution in [0.25, 0.3) is 0 Å². The number of rotatable bonds is 2. The van der Waals surface area contributed by atoms with Gasteiger partial charge in [-0.05, 0) is 39.0 Å². The molecule has 7 heteroatoms. The van der Waals surface area contributed by atoms with Crippen LogP contribution in [-0.4, -0.2) is 51.5 Å². The zero-order valence-corrected chi connectivity index (χ0v) is 14.5. The number of carbonyl (C=O) groups excluding carboxylic acids is 2. The van der Waals surface area contributed by atoms with Crippen molar-refractivity contribution in [3.8, 4) is 0 Å². The second-order valence-corrected chi connectivity index (χ2v) is 8.58. The summed E-state index contributed by atoms with van der Waals surface area (Å²) in [5.41, 5.74) is 0. The predicted octanol–water partition coefficient (Wildman–Crippen LogP) is 1.26. The zero-order chi connectivity index (χ0) is 14.6. The third-order valence-corrected chi connectivity index (χ3v) is 7.07. The van der Waals surface area contributed by atoms with Crippen molar-refractivity contribution in [2.45, 2.75) is 74.5 Å². The van der Waals surface area contributed by atoms with Gasteiger partial charge in [-0.15, -0.1) is 24.2 Å². The van der Waals surface area contributed by atoms with Gasteiger partial charge in [0.15, 0.2) is 0 Å². The molecule has 4 rings (SSSR count). The number of nitrogens with zero attached hydrogens (tertiary/aromatic N) is 1. The van der Waals surface area contributed by atoms with Crippen molar-refractivity contribution in [2.75, 3.05) is 5.75 Å². The van der Waals surface area contributed by atoms with E-state index in [4.69, 9.17) is 0 Å². The molecule has 2 N–H and O–H groups in total. The fraction of sp³-hybridized carbons (Fsp3) is 0.867. The molecule has 0 saturated carbocycles. The smallest absolute Gasteiger partial charge is 0.243 e. The molecule has 0 aromatic heterocycles. The van der Waals surface area contributed by atoms with Crippen molar-refractivity contribution >= 4 is 36.0 Å². The van der Waals surface area contributed by atoms with E-state index in [9.17, 15) is 9.59 Å². The minimum atomic E-state index is -0.262. The largest absolute Gasteiger partial charge is 0.351 e. The number of halogens is 1. The molecule has 2 bridgehead atoms. The second-order valence-electron chi connectivity index (χ2n) is 7.08. The minimum Gasteiger partial charge on any atom is -0.351 e. The second kappa shape index (κ2) is 5.87. The van der Waals surface area contributed by atoms with E-state index in [1.165, 1.54) is 12.8 Å². The van der Waals surface area contributed by atoms with Gasteiger partial charge < -0.3 is 15.5 Å². The summed E-state index contributed by atoms with van der Waals surface area (Å²) in [6.07, 6.45) is 6.00. The Bertz CT molecular complexity index is 479. The first-order valence-corrected chi connectivity index (χ1v) is 9.06. The Kier molecular flexibility index (Phi) is 4.38. The van der Waals surface area contributed by atoms with Crippen molar-refractivity contribution in [2.24, 2.45) is 0 Å². The van der Waals surface area contributed by atoms with Crippen LogP contribution in [0.3, 0.4) is 0 Å². The van der Waals surface area contributed by atoms with Gasteiger partial charge in [0, 0.05) is 30.3 Å². The van der Waals surface area contributed by atoms with E-state index in [-0.39, 0.29) is 41.2 Å². The lowest BCUT2D eigenvalue weighted by Gasteiger charge is -2.33. The van der Waals surface area contributed by atoms with E-state index < -0.39 is 0 Å². The SMILES string of the molecule is CC12CCC(=O)N1C(C(=O)NC1CC3CCC(C1)N3)CS2.Cl. The third kappa shape index (κ3) is 2.63. The van der Waals surface area contributed by atoms with Crippen LogP contribution in [0.15, 0.2) is 0 Å². The van der Waals surface area contributed by atoms with E-state index in [0.29, 0.717) is 18.5 Å². The van der Waals surface area contributed by atoms with E-state index in [0.717, 1.165) is 25.0 Å². The van der Waals surface area contributed by atoms with Crippen molar-refractivity contribution in [1.29, 1.82) is 0 Å². The maximum absolute atomic E-state index is 12.6. The molecule has 4 aliphatic heterocycles. The molecule has 4 aliphatic rings. The number of carbonyl (C=O) groups is 2. The number of hydrogen-bond donors (Lipinski definition) is 2. The summed E-state index contributed by atoms with van der Waals surface area (Å²) < 4.78 is 0. The van der Waals surface area contributed by atoms with E-state index in [1.807, 2.05) is 4.90 Å². The summed E-state index contributed by atoms with van der Waals surface area (Å²) in [6, 6.07) is 1.17. The van der Waals surface area contributed by atoms with Crippen molar-refractivity contribution in [3.63, 3.8) is 0 Å². The molecule has 4 unspecified atom stereocenters. The molecule has 0 aromatic rings. The van der Waals surface area contributed by atoms with Crippen molar-refractivity contribution in [1.82, 2.24) is 15.5 Å². The lowest BCUT2D eigenvalue weighted by atomic mass is 9.99. The van der Waals surface area contributed by atoms with Gasteiger partial charge in [-0.2, -0.15) is 0 Å². The molecule has 0 aromatic carbocycles. The molecule has 124 valence electrons. The number of fused-ring (bicyclic) bond motifs is 3. The number of nitrogens with one attached hydrogen (secondary N) is 2. The molecule has 4 saturated heterocycles. The molecule has 4 heterocycles. The normalized spacial score (nSPS) is 43.0. The van der Waals surface area contributed by atoms with Crippen LogP contribution < -0.4 is 10.6 Å². The summed E-state index contributed by atoms with van der Waals surface area (Å²) in [4.78, 5) is 26.4. The van der Waals surface area contributed by atoms with Crippen LogP contribution in [0.1, 0.15) is 45.4 Å². The molecular formula is C15H24ClN3O2S. The number of thioether (sulfide) groups is 1. The average Bonchev–Trinajstić information content (AvgIpc) is 3.05. The summed E-state index contributed by atoms with van der Waals surface area (Å²) in [5.74, 6) is 0.951. The van der Waals surface area contributed by atoms with Crippen LogP contribution in [0.4, 0.5) is 0 Å². The minimum absolute atomic E-state index is 0. The molecule has 4 atom stereocenters. The van der Waals surface area contributed by atoms with Gasteiger partial charge in [0.25, 0.3) is 0 Å². The van der Waals surface area contributed by atoms with Gasteiger partial charge in [0.2, 0.25) is 11.8 Å². The molecule has 0 spiro atoms. The molecule has 4 fully saturated rings. The Morgan fingerprint density at radius 3 is 2.73 bits per heavy atom. The van der Waals surface area contributed by atoms with Crippen LogP contribution >= 0.6 is 24.2 Å². The maximum atomic E-state index is 12.6. The number of amides is 2. The Hall–Kier alpha value is -0.460. The highest BCUT2D eigenvalue weighted by atomic mass is 35.5. The Balaban J connectivity index is 0.00000144. The van der Waals surface area contributed by atoms with Crippen LogP contribution in [0.2, 0.25) is 0 Å². The number of piperidine rings is 1. The number of hydrogen-bond acceptors (Lipinski definition) is 4. The van der Waals surface area contributed by atoms with Gasteiger partial charge in [-0.1, -0.05) is 0 Å². The molecule has 0 aliphatic carbocycles. The molecule has 5 nitrogen and oxygen atoms in total. The lowest BCUT2D eigenvalue weighted by molar-refractivity contribution is -0.138. The third-order valence-electron chi connectivity index (χ3n) is 5.57. The van der Waals surface area contributed by atoms with Crippen LogP contribution in [0.5, 0.6) is 0 Å². The fourth-order valence-corrected chi connectivity index (χ4v) is 5.92. The molecule has 22 heavy (non-hydrogen) atoms.